The van der Waals surface area contributed by atoms with Crippen molar-refractivity contribution in [2.75, 3.05) is 0 Å². The first kappa shape index (κ1) is 14.8. The second kappa shape index (κ2) is 6.75. The van der Waals surface area contributed by atoms with Crippen LogP contribution in [0.3, 0.4) is 0 Å². The molecule has 4 nitrogen and oxygen atoms in total. The Morgan fingerprint density at radius 2 is 1.43 bits per heavy atom. The van der Waals surface area contributed by atoms with Crippen LogP contribution in [0.5, 0.6) is 0 Å². The van der Waals surface area contributed by atoms with Gasteiger partial charge in [-0.05, 0) is 28.5 Å². The molecule has 0 heterocycles. The molecule has 114 valence electrons. The van der Waals surface area contributed by atoms with Crippen molar-refractivity contribution in [3.8, 4) is 0 Å². The Labute approximate surface area is 134 Å². The number of hydrogen-bond donors (Lipinski definition) is 2. The van der Waals surface area contributed by atoms with Crippen LogP contribution in [0.15, 0.2) is 72.8 Å². The molecule has 3 aromatic carbocycles. The zero-order chi connectivity index (χ0) is 16.1. The summed E-state index contributed by atoms with van der Waals surface area (Å²) in [6, 6.07) is 22.5. The van der Waals surface area contributed by atoms with Gasteiger partial charge in [0.1, 0.15) is 0 Å². The van der Waals surface area contributed by atoms with E-state index in [1.54, 1.807) is 24.3 Å². The lowest BCUT2D eigenvalue weighted by atomic mass is 10.0. The molecule has 0 radical (unpaired) electrons. The third kappa shape index (κ3) is 3.55. The van der Waals surface area contributed by atoms with Gasteiger partial charge in [-0.1, -0.05) is 60.7 Å². The first-order chi connectivity index (χ1) is 11.2. The van der Waals surface area contributed by atoms with Crippen molar-refractivity contribution >= 4 is 22.6 Å². The second-order valence-electron chi connectivity index (χ2n) is 5.18. The lowest BCUT2D eigenvalue weighted by molar-refractivity contribution is -0.121. The summed E-state index contributed by atoms with van der Waals surface area (Å²) in [7, 11) is 0. The molecule has 0 atom stereocenters. The summed E-state index contributed by atoms with van der Waals surface area (Å²) in [5.74, 6) is -0.595. The zero-order valence-electron chi connectivity index (χ0n) is 12.5. The first-order valence-electron chi connectivity index (χ1n) is 7.35. The summed E-state index contributed by atoms with van der Waals surface area (Å²) >= 11 is 0. The molecule has 23 heavy (non-hydrogen) atoms. The van der Waals surface area contributed by atoms with E-state index < -0.39 is 0 Å². The van der Waals surface area contributed by atoms with E-state index in [4.69, 9.17) is 0 Å². The molecule has 0 aliphatic rings. The molecule has 0 fully saturated rings. The van der Waals surface area contributed by atoms with Crippen LogP contribution < -0.4 is 10.9 Å². The van der Waals surface area contributed by atoms with E-state index in [-0.39, 0.29) is 18.2 Å². The van der Waals surface area contributed by atoms with E-state index in [0.717, 1.165) is 16.3 Å². The molecular formula is C19H16N2O2. The largest absolute Gasteiger partial charge is 0.273 e. The number of amides is 2. The molecule has 3 aromatic rings. The molecule has 4 heteroatoms. The molecule has 2 N–H and O–H groups in total. The Morgan fingerprint density at radius 1 is 0.739 bits per heavy atom. The Morgan fingerprint density at radius 3 is 2.26 bits per heavy atom. The summed E-state index contributed by atoms with van der Waals surface area (Å²) in [4.78, 5) is 24.0. The molecule has 0 bridgehead atoms. The monoisotopic (exact) mass is 304 g/mol. The van der Waals surface area contributed by atoms with Gasteiger partial charge in [-0.3, -0.25) is 20.4 Å². The highest BCUT2D eigenvalue weighted by atomic mass is 16.2. The fourth-order valence-corrected chi connectivity index (χ4v) is 2.45. The van der Waals surface area contributed by atoms with Crippen molar-refractivity contribution < 1.29 is 9.59 Å². The molecular weight excluding hydrogens is 288 g/mol. The third-order valence-corrected chi connectivity index (χ3v) is 3.58. The van der Waals surface area contributed by atoms with E-state index in [1.165, 1.54) is 0 Å². The van der Waals surface area contributed by atoms with Gasteiger partial charge in [0.25, 0.3) is 5.91 Å². The predicted octanol–water partition coefficient (Wildman–Crippen LogP) is 2.84. The number of hydrazine groups is 1. The summed E-state index contributed by atoms with van der Waals surface area (Å²) in [5, 5.41) is 2.13. The molecule has 0 saturated carbocycles. The minimum Gasteiger partial charge on any atom is -0.273 e. The van der Waals surface area contributed by atoms with Gasteiger partial charge in [-0.2, -0.15) is 0 Å². The van der Waals surface area contributed by atoms with Crippen LogP contribution in [-0.2, 0) is 11.2 Å². The van der Waals surface area contributed by atoms with Gasteiger partial charge < -0.3 is 0 Å². The van der Waals surface area contributed by atoms with Gasteiger partial charge in [0.15, 0.2) is 0 Å². The van der Waals surface area contributed by atoms with E-state index in [0.29, 0.717) is 5.56 Å². The van der Waals surface area contributed by atoms with Crippen LogP contribution in [0.25, 0.3) is 10.8 Å². The third-order valence-electron chi connectivity index (χ3n) is 3.58. The zero-order valence-corrected chi connectivity index (χ0v) is 12.5. The van der Waals surface area contributed by atoms with Crippen LogP contribution in [0, 0.1) is 0 Å². The van der Waals surface area contributed by atoms with Gasteiger partial charge in [0.05, 0.1) is 6.42 Å². The maximum absolute atomic E-state index is 12.1. The van der Waals surface area contributed by atoms with Crippen LogP contribution >= 0.6 is 0 Å². The van der Waals surface area contributed by atoms with E-state index in [2.05, 4.69) is 10.9 Å². The highest BCUT2D eigenvalue weighted by Gasteiger charge is 2.09. The lowest BCUT2D eigenvalue weighted by Gasteiger charge is -2.09. The number of carbonyl (C=O) groups excluding carboxylic acids is 2. The molecule has 0 aliphatic carbocycles. The number of carbonyl (C=O) groups is 2. The van der Waals surface area contributed by atoms with Crippen molar-refractivity contribution in [1.82, 2.24) is 10.9 Å². The predicted molar refractivity (Wildman–Crippen MR) is 89.7 cm³/mol. The number of fused-ring (bicyclic) bond motifs is 1. The Bertz CT molecular complexity index is 839. The summed E-state index contributed by atoms with van der Waals surface area (Å²) in [6.45, 7) is 0. The van der Waals surface area contributed by atoms with E-state index in [9.17, 15) is 9.59 Å². The molecule has 3 rings (SSSR count). The average Bonchev–Trinajstić information content (AvgIpc) is 2.61. The van der Waals surface area contributed by atoms with Gasteiger partial charge in [0.2, 0.25) is 5.91 Å². The number of nitrogens with one attached hydrogen (secondary N) is 2. The van der Waals surface area contributed by atoms with Crippen LogP contribution in [-0.4, -0.2) is 11.8 Å². The Hall–Kier alpha value is -3.14. The number of rotatable bonds is 3. The summed E-state index contributed by atoms with van der Waals surface area (Å²) < 4.78 is 0. The summed E-state index contributed by atoms with van der Waals surface area (Å²) in [6.07, 6.45) is 0.205. The van der Waals surface area contributed by atoms with Crippen molar-refractivity contribution in [2.45, 2.75) is 6.42 Å². The highest BCUT2D eigenvalue weighted by Crippen LogP contribution is 2.18. The standard InChI is InChI=1S/C19H16N2O2/c22-18(20-21-19(23)15-8-2-1-3-9-15)13-16-11-6-10-14-7-4-5-12-17(14)16/h1-12H,13H2,(H,20,22)(H,21,23). The van der Waals surface area contributed by atoms with E-state index >= 15 is 0 Å². The number of benzene rings is 3. The van der Waals surface area contributed by atoms with Gasteiger partial charge >= 0.3 is 0 Å². The summed E-state index contributed by atoms with van der Waals surface area (Å²) in [5.41, 5.74) is 6.31. The topological polar surface area (TPSA) is 58.2 Å². The van der Waals surface area contributed by atoms with Crippen molar-refractivity contribution in [3.05, 3.63) is 83.9 Å². The van der Waals surface area contributed by atoms with Gasteiger partial charge in [-0.15, -0.1) is 0 Å². The van der Waals surface area contributed by atoms with Crippen LogP contribution in [0.1, 0.15) is 15.9 Å². The van der Waals surface area contributed by atoms with Crippen molar-refractivity contribution in [1.29, 1.82) is 0 Å². The van der Waals surface area contributed by atoms with Gasteiger partial charge in [0, 0.05) is 5.56 Å². The second-order valence-corrected chi connectivity index (χ2v) is 5.18. The Balaban J connectivity index is 1.64. The quantitative estimate of drug-likeness (QED) is 0.731. The normalized spacial score (nSPS) is 10.3. The lowest BCUT2D eigenvalue weighted by Crippen LogP contribution is -2.42. The van der Waals surface area contributed by atoms with E-state index in [1.807, 2.05) is 48.5 Å². The maximum Gasteiger partial charge on any atom is 0.269 e. The van der Waals surface area contributed by atoms with Crippen molar-refractivity contribution in [3.63, 3.8) is 0 Å². The van der Waals surface area contributed by atoms with Crippen molar-refractivity contribution in [2.24, 2.45) is 0 Å². The molecule has 0 unspecified atom stereocenters. The minimum atomic E-state index is -0.336. The molecule has 0 aromatic heterocycles. The maximum atomic E-state index is 12.1. The fourth-order valence-electron chi connectivity index (χ4n) is 2.45. The van der Waals surface area contributed by atoms with Gasteiger partial charge in [-0.25, -0.2) is 0 Å². The van der Waals surface area contributed by atoms with Crippen LogP contribution in [0.2, 0.25) is 0 Å². The fraction of sp³-hybridized carbons (Fsp3) is 0.0526. The first-order valence-corrected chi connectivity index (χ1v) is 7.35. The average molecular weight is 304 g/mol. The minimum absolute atomic E-state index is 0.205. The molecule has 0 saturated heterocycles. The molecule has 0 spiro atoms. The van der Waals surface area contributed by atoms with Crippen LogP contribution in [0.4, 0.5) is 0 Å². The smallest absolute Gasteiger partial charge is 0.269 e. The molecule has 0 aliphatic heterocycles. The SMILES string of the molecule is O=C(Cc1cccc2ccccc12)NNC(=O)c1ccccc1. The Kier molecular flexibility index (Phi) is 4.34. The number of hydrogen-bond acceptors (Lipinski definition) is 2. The molecule has 2 amide bonds. The highest BCUT2D eigenvalue weighted by molar-refractivity contribution is 5.96.